The molecule has 0 saturated heterocycles. The van der Waals surface area contributed by atoms with Crippen molar-refractivity contribution in [2.45, 2.75) is 0 Å². The zero-order valence-corrected chi connectivity index (χ0v) is 8.78. The summed E-state index contributed by atoms with van der Waals surface area (Å²) in [4.78, 5) is 0. The van der Waals surface area contributed by atoms with Gasteiger partial charge in [0, 0.05) is 0 Å². The predicted molar refractivity (Wildman–Crippen MR) is 56.5 cm³/mol. The fraction of sp³-hybridized carbons (Fsp3) is 0. The average Bonchev–Trinajstić information content (AvgIpc) is 1.96. The normalized spacial score (nSPS) is 5.40. The maximum Gasteiger partial charge on any atom is -0.0393 e. The Labute approximate surface area is 81.2 Å². The standard InChI is InChI=1S/C6H6.ClH2P.2ClH/c1-2-4-6-5-3-1;1-2;;/h1-6H;2H2;2*1H. The van der Waals surface area contributed by atoms with Crippen molar-refractivity contribution in [2.24, 2.45) is 0 Å². The lowest BCUT2D eigenvalue weighted by Gasteiger charge is -1.69. The van der Waals surface area contributed by atoms with Crippen LogP contribution in [0.5, 0.6) is 0 Å². The summed E-state index contributed by atoms with van der Waals surface area (Å²) < 4.78 is 0. The van der Waals surface area contributed by atoms with Crippen molar-refractivity contribution in [1.29, 1.82) is 0 Å². The predicted octanol–water partition coefficient (Wildman–Crippen LogP) is 3.55. The van der Waals surface area contributed by atoms with Gasteiger partial charge >= 0.3 is 0 Å². The molecular weight excluding hydrogens is 209 g/mol. The molecule has 1 rings (SSSR count). The molecule has 1 aromatic carbocycles. The third kappa shape index (κ3) is 11.3. The number of rotatable bonds is 0. The summed E-state index contributed by atoms with van der Waals surface area (Å²) in [6.45, 7) is 0. The molecule has 1 unspecified atom stereocenters. The molecule has 0 spiro atoms. The van der Waals surface area contributed by atoms with Gasteiger partial charge in [-0.3, -0.25) is 0 Å². The molecule has 60 valence electrons. The van der Waals surface area contributed by atoms with Gasteiger partial charge in [-0.2, -0.15) is 0 Å². The minimum atomic E-state index is 0. The fourth-order valence-corrected chi connectivity index (χ4v) is 0.385. The highest BCUT2D eigenvalue weighted by Gasteiger charge is 1.57. The summed E-state index contributed by atoms with van der Waals surface area (Å²) in [5.41, 5.74) is 0. The molecule has 0 aromatic heterocycles. The zero-order valence-electron chi connectivity index (χ0n) is 5.24. The van der Waals surface area contributed by atoms with Crippen LogP contribution in [-0.2, 0) is 0 Å². The van der Waals surface area contributed by atoms with Crippen LogP contribution >= 0.6 is 44.6 Å². The van der Waals surface area contributed by atoms with Gasteiger partial charge in [-0.15, -0.1) is 36.1 Å². The molecule has 10 heavy (non-hydrogen) atoms. The Morgan fingerprint density at radius 3 is 0.800 bits per heavy atom. The molecule has 1 atom stereocenters. The molecule has 0 bridgehead atoms. The summed E-state index contributed by atoms with van der Waals surface area (Å²) in [6, 6.07) is 12.0. The number of hydrogen-bond acceptors (Lipinski definition) is 0. The molecule has 4 heteroatoms. The molecule has 0 nitrogen and oxygen atoms in total. The van der Waals surface area contributed by atoms with E-state index in [1.54, 1.807) is 0 Å². The van der Waals surface area contributed by atoms with Crippen LogP contribution in [0.25, 0.3) is 0 Å². The van der Waals surface area contributed by atoms with E-state index in [2.05, 4.69) is 11.2 Å². The van der Waals surface area contributed by atoms with E-state index in [4.69, 9.17) is 0 Å². The van der Waals surface area contributed by atoms with Crippen LogP contribution in [0.1, 0.15) is 0 Å². The number of halogens is 3. The second-order valence-electron chi connectivity index (χ2n) is 1.15. The van der Waals surface area contributed by atoms with Gasteiger partial charge in [0.25, 0.3) is 0 Å². The van der Waals surface area contributed by atoms with Gasteiger partial charge in [-0.1, -0.05) is 36.4 Å². The van der Waals surface area contributed by atoms with Crippen molar-refractivity contribution < 1.29 is 0 Å². The van der Waals surface area contributed by atoms with Gasteiger partial charge < -0.3 is 0 Å². The van der Waals surface area contributed by atoms with Crippen LogP contribution in [0, 0.1) is 0 Å². The number of hydrogen-bond donors (Lipinski definition) is 0. The van der Waals surface area contributed by atoms with Crippen LogP contribution in [-0.4, -0.2) is 0 Å². The second-order valence-corrected chi connectivity index (χ2v) is 1.15. The van der Waals surface area contributed by atoms with E-state index in [-0.39, 0.29) is 24.8 Å². The summed E-state index contributed by atoms with van der Waals surface area (Å²) in [7, 11) is 1.89. The molecule has 0 aliphatic carbocycles. The first kappa shape index (κ1) is 16.9. The zero-order chi connectivity index (χ0) is 6.24. The fourth-order valence-electron chi connectivity index (χ4n) is 0.385. The first-order valence-corrected chi connectivity index (χ1v) is 3.96. The van der Waals surface area contributed by atoms with Crippen molar-refractivity contribution in [3.8, 4) is 0 Å². The smallest absolute Gasteiger partial charge is 0.0393 e. The summed E-state index contributed by atoms with van der Waals surface area (Å²) in [6.07, 6.45) is 0. The van der Waals surface area contributed by atoms with Crippen molar-refractivity contribution in [3.05, 3.63) is 36.4 Å². The Kier molecular flexibility index (Phi) is 27.4. The maximum atomic E-state index is 4.56. The molecule has 0 amide bonds. The van der Waals surface area contributed by atoms with E-state index in [1.165, 1.54) is 0 Å². The summed E-state index contributed by atoms with van der Waals surface area (Å²) in [5, 5.41) is 0. The minimum Gasteiger partial charge on any atom is -0.147 e. The minimum absolute atomic E-state index is 0. The molecule has 0 fully saturated rings. The van der Waals surface area contributed by atoms with E-state index in [0.29, 0.717) is 0 Å². The monoisotopic (exact) mass is 218 g/mol. The second kappa shape index (κ2) is 16.3. The Morgan fingerprint density at radius 2 is 0.700 bits per heavy atom. The largest absolute Gasteiger partial charge is 0.147 e. The lowest BCUT2D eigenvalue weighted by molar-refractivity contribution is 1.72. The van der Waals surface area contributed by atoms with Crippen LogP contribution in [0.3, 0.4) is 0 Å². The third-order valence-corrected chi connectivity index (χ3v) is 0.667. The average molecular weight is 219 g/mol. The Balaban J connectivity index is -0.000000114. The van der Waals surface area contributed by atoms with Crippen LogP contribution in [0.2, 0.25) is 0 Å². The molecule has 0 saturated carbocycles. The van der Waals surface area contributed by atoms with Gasteiger partial charge in [0.1, 0.15) is 0 Å². The number of benzene rings is 1. The summed E-state index contributed by atoms with van der Waals surface area (Å²) in [5.74, 6) is 0. The molecule has 0 heterocycles. The van der Waals surface area contributed by atoms with Gasteiger partial charge in [0.15, 0.2) is 0 Å². The molecule has 0 radical (unpaired) electrons. The highest BCUT2D eigenvalue weighted by molar-refractivity contribution is 7.52. The SMILES string of the molecule is Cl.Cl.PCl.c1ccccc1. The molecular formula is C6H10Cl3P. The Hall–Kier alpha value is 0.520. The van der Waals surface area contributed by atoms with Crippen LogP contribution in [0.15, 0.2) is 36.4 Å². The first-order valence-electron chi connectivity index (χ1n) is 2.22. The molecule has 0 aliphatic heterocycles. The quantitative estimate of drug-likeness (QED) is 0.586. The highest BCUT2D eigenvalue weighted by atomic mass is 35.7. The van der Waals surface area contributed by atoms with E-state index in [0.717, 1.165) is 0 Å². The van der Waals surface area contributed by atoms with E-state index in [9.17, 15) is 0 Å². The Morgan fingerprint density at radius 1 is 0.600 bits per heavy atom. The topological polar surface area (TPSA) is 0 Å². The van der Waals surface area contributed by atoms with E-state index in [1.807, 2.05) is 45.0 Å². The first-order chi connectivity index (χ1) is 4.00. The van der Waals surface area contributed by atoms with Gasteiger partial charge in [-0.25, -0.2) is 0 Å². The lowest BCUT2D eigenvalue weighted by Crippen LogP contribution is -1.47. The molecule has 0 aliphatic rings. The van der Waals surface area contributed by atoms with Crippen molar-refractivity contribution >= 4 is 44.6 Å². The van der Waals surface area contributed by atoms with Gasteiger partial charge in [0.05, 0.1) is 0 Å². The van der Waals surface area contributed by atoms with Crippen molar-refractivity contribution in [2.75, 3.05) is 0 Å². The lowest BCUT2D eigenvalue weighted by atomic mass is 10.4. The van der Waals surface area contributed by atoms with Crippen molar-refractivity contribution in [3.63, 3.8) is 0 Å². The van der Waals surface area contributed by atoms with Crippen molar-refractivity contribution in [1.82, 2.24) is 0 Å². The third-order valence-electron chi connectivity index (χ3n) is 0.667. The van der Waals surface area contributed by atoms with E-state index >= 15 is 0 Å². The molecule has 0 N–H and O–H groups in total. The molecule has 1 aromatic rings. The maximum absolute atomic E-state index is 4.56. The van der Waals surface area contributed by atoms with Crippen LogP contribution in [0.4, 0.5) is 0 Å². The van der Waals surface area contributed by atoms with E-state index < -0.39 is 0 Å². The Bertz CT molecular complexity index is 84.9. The van der Waals surface area contributed by atoms with Gasteiger partial charge in [-0.05, 0) is 8.59 Å². The van der Waals surface area contributed by atoms with Gasteiger partial charge in [0.2, 0.25) is 0 Å². The summed E-state index contributed by atoms with van der Waals surface area (Å²) >= 11 is 4.56. The van der Waals surface area contributed by atoms with Crippen LogP contribution < -0.4 is 0 Å². The highest BCUT2D eigenvalue weighted by Crippen LogP contribution is 1.79.